The van der Waals surface area contributed by atoms with Crippen LogP contribution in [0, 0.1) is 0 Å². The zero-order valence-corrected chi connectivity index (χ0v) is 28.0. The monoisotopic (exact) mass is 704 g/mol. The number of aromatic nitrogens is 10. The third kappa shape index (κ3) is 7.32. The van der Waals surface area contributed by atoms with Crippen molar-refractivity contribution in [1.82, 2.24) is 49.1 Å². The summed E-state index contributed by atoms with van der Waals surface area (Å²) in [6.07, 6.45) is 13.6. The van der Waals surface area contributed by atoms with E-state index in [-0.39, 0.29) is 11.1 Å². The molecule has 0 aliphatic heterocycles. The average Bonchev–Trinajstić information content (AvgIpc) is 3.85. The van der Waals surface area contributed by atoms with Crippen LogP contribution in [-0.4, -0.2) is 60.9 Å². The number of hydrogen-bond acceptors (Lipinski definition) is 12. The number of pyridine rings is 6. The van der Waals surface area contributed by atoms with Crippen molar-refractivity contribution < 1.29 is 19.1 Å². The molecular weight excluding hydrogens is 676 g/mol. The molecule has 0 spiro atoms. The fourth-order valence-electron chi connectivity index (χ4n) is 5.52. The summed E-state index contributed by atoms with van der Waals surface area (Å²) < 4.78 is 15.0. The molecule has 8 aromatic rings. The number of hydrogen-bond donors (Lipinski definition) is 2. The number of aryl methyl sites for hydroxylation is 1. The van der Waals surface area contributed by atoms with Crippen molar-refractivity contribution in [3.63, 3.8) is 0 Å². The third-order valence-electron chi connectivity index (χ3n) is 7.91. The Kier molecular flexibility index (Phi) is 8.80. The van der Waals surface area contributed by atoms with Crippen LogP contribution in [0.3, 0.4) is 0 Å². The second-order valence-corrected chi connectivity index (χ2v) is 11.6. The van der Waals surface area contributed by atoms with Crippen molar-refractivity contribution in [3.8, 4) is 23.0 Å². The molecule has 8 rings (SSSR count). The van der Waals surface area contributed by atoms with Crippen LogP contribution in [0.4, 0.5) is 11.6 Å². The van der Waals surface area contributed by atoms with E-state index in [2.05, 4.69) is 50.7 Å². The Labute approximate surface area is 300 Å². The number of anilines is 2. The van der Waals surface area contributed by atoms with E-state index >= 15 is 0 Å². The number of rotatable bonds is 11. The molecule has 8 heterocycles. The van der Waals surface area contributed by atoms with Gasteiger partial charge in [-0.3, -0.25) is 19.6 Å². The molecule has 16 nitrogen and oxygen atoms in total. The first-order valence-electron chi connectivity index (χ1n) is 16.4. The highest BCUT2D eigenvalue weighted by molar-refractivity contribution is 6.08. The molecule has 53 heavy (non-hydrogen) atoms. The van der Waals surface area contributed by atoms with Crippen LogP contribution < -0.4 is 20.1 Å². The first-order chi connectivity index (χ1) is 26.0. The minimum absolute atomic E-state index is 0.247. The van der Waals surface area contributed by atoms with E-state index in [9.17, 15) is 9.59 Å². The van der Waals surface area contributed by atoms with Crippen LogP contribution >= 0.6 is 0 Å². The molecule has 260 valence electrons. The molecule has 0 fully saturated rings. The van der Waals surface area contributed by atoms with Gasteiger partial charge >= 0.3 is 0 Å². The van der Waals surface area contributed by atoms with E-state index < -0.39 is 11.8 Å². The molecule has 8 aromatic heterocycles. The van der Waals surface area contributed by atoms with Gasteiger partial charge in [-0.1, -0.05) is 19.1 Å². The third-order valence-corrected chi connectivity index (χ3v) is 7.91. The lowest BCUT2D eigenvalue weighted by Gasteiger charge is -2.11. The van der Waals surface area contributed by atoms with E-state index in [1.807, 2.05) is 31.2 Å². The van der Waals surface area contributed by atoms with E-state index in [1.165, 1.54) is 21.7 Å². The molecule has 2 N–H and O–H groups in total. The Morgan fingerprint density at radius 1 is 0.660 bits per heavy atom. The summed E-state index contributed by atoms with van der Waals surface area (Å²) in [5, 5.41) is 14.1. The molecule has 0 aliphatic rings. The maximum atomic E-state index is 13.5. The van der Waals surface area contributed by atoms with Crippen molar-refractivity contribution in [3.05, 3.63) is 145 Å². The summed E-state index contributed by atoms with van der Waals surface area (Å²) in [4.78, 5) is 52.9. The first-order valence-corrected chi connectivity index (χ1v) is 16.4. The number of amides is 2. The molecule has 0 radical (unpaired) electrons. The van der Waals surface area contributed by atoms with Crippen LogP contribution in [-0.2, 0) is 12.8 Å². The van der Waals surface area contributed by atoms with Crippen LogP contribution in [0.5, 0.6) is 23.0 Å². The molecule has 16 heteroatoms. The Morgan fingerprint density at radius 3 is 1.89 bits per heavy atom. The van der Waals surface area contributed by atoms with E-state index in [0.717, 1.165) is 17.7 Å². The van der Waals surface area contributed by atoms with Gasteiger partial charge in [0.2, 0.25) is 0 Å². The maximum Gasteiger partial charge on any atom is 0.260 e. The van der Waals surface area contributed by atoms with Gasteiger partial charge in [-0.05, 0) is 66.6 Å². The van der Waals surface area contributed by atoms with Gasteiger partial charge < -0.3 is 20.1 Å². The zero-order chi connectivity index (χ0) is 36.1. The fraction of sp³-hybridized carbons (Fsp3) is 0.0811. The van der Waals surface area contributed by atoms with Crippen molar-refractivity contribution in [1.29, 1.82) is 0 Å². The van der Waals surface area contributed by atoms with Gasteiger partial charge in [0.15, 0.2) is 11.3 Å². The summed E-state index contributed by atoms with van der Waals surface area (Å²) in [5.74, 6) is 1.59. The van der Waals surface area contributed by atoms with Gasteiger partial charge in [0.05, 0.1) is 35.9 Å². The second-order valence-electron chi connectivity index (χ2n) is 11.6. The zero-order valence-electron chi connectivity index (χ0n) is 28.0. The van der Waals surface area contributed by atoms with Gasteiger partial charge in [0.1, 0.15) is 47.3 Å². The van der Waals surface area contributed by atoms with E-state index in [4.69, 9.17) is 9.47 Å². The number of nitrogens with zero attached hydrogens (tertiary/aromatic N) is 10. The smallest absolute Gasteiger partial charge is 0.260 e. The molecule has 0 saturated carbocycles. The van der Waals surface area contributed by atoms with E-state index in [0.29, 0.717) is 58.0 Å². The predicted octanol–water partition coefficient (Wildman–Crippen LogP) is 5.59. The summed E-state index contributed by atoms with van der Waals surface area (Å²) in [7, 11) is 0. The van der Waals surface area contributed by atoms with Crippen LogP contribution in [0.15, 0.2) is 117 Å². The van der Waals surface area contributed by atoms with E-state index in [1.54, 1.807) is 79.6 Å². The molecular formula is C37H28N12O4. The van der Waals surface area contributed by atoms with Crippen molar-refractivity contribution >= 4 is 34.7 Å². The minimum atomic E-state index is -0.440. The standard InChI is InChI=1S/C37H28N12O4/c1-2-24-6-3-9-32(44-24)46-36(50)31-15-29(20-49-35(31)41-22-43-49)53-27-13-23(16-39-18-27)12-25-7-4-10-33(45-25)47-37(51)30-14-28(19-48-34(30)40-21-42-48)52-26-8-5-11-38-17-26/h3-11,13-22H,2,12H2,1H3,(H,44,46,50)(H,45,47,51). The number of nitrogens with one attached hydrogen (secondary N) is 2. The number of carbonyl (C=O) groups is 2. The molecule has 0 aromatic carbocycles. The molecule has 0 aliphatic carbocycles. The first kappa shape index (κ1) is 32.6. The van der Waals surface area contributed by atoms with Crippen LogP contribution in [0.2, 0.25) is 0 Å². The second kappa shape index (κ2) is 14.3. The fourth-order valence-corrected chi connectivity index (χ4v) is 5.52. The van der Waals surface area contributed by atoms with Crippen molar-refractivity contribution in [2.24, 2.45) is 0 Å². The topological polar surface area (TPSA) is 189 Å². The average molecular weight is 705 g/mol. The van der Waals surface area contributed by atoms with Gasteiger partial charge in [-0.2, -0.15) is 10.2 Å². The van der Waals surface area contributed by atoms with Crippen molar-refractivity contribution in [2.75, 3.05) is 10.6 Å². The highest BCUT2D eigenvalue weighted by Gasteiger charge is 2.18. The Hall–Kier alpha value is -7.62. The predicted molar refractivity (Wildman–Crippen MR) is 191 cm³/mol. The quantitative estimate of drug-likeness (QED) is 0.170. The Bertz CT molecular complexity index is 2610. The van der Waals surface area contributed by atoms with Crippen LogP contribution in [0.25, 0.3) is 11.3 Å². The summed E-state index contributed by atoms with van der Waals surface area (Å²) in [5.41, 5.74) is 3.55. The lowest BCUT2D eigenvalue weighted by molar-refractivity contribution is 0.101. The van der Waals surface area contributed by atoms with Crippen LogP contribution in [0.1, 0.15) is 44.6 Å². The largest absolute Gasteiger partial charge is 0.454 e. The van der Waals surface area contributed by atoms with Gasteiger partial charge in [0.25, 0.3) is 11.8 Å². The molecule has 0 unspecified atom stereocenters. The highest BCUT2D eigenvalue weighted by atomic mass is 16.5. The van der Waals surface area contributed by atoms with Gasteiger partial charge in [0, 0.05) is 30.2 Å². The molecule has 0 atom stereocenters. The normalized spacial score (nSPS) is 11.0. The molecule has 0 saturated heterocycles. The number of carbonyl (C=O) groups excluding carboxylic acids is 2. The Morgan fingerprint density at radius 2 is 1.26 bits per heavy atom. The van der Waals surface area contributed by atoms with Crippen molar-refractivity contribution in [2.45, 2.75) is 19.8 Å². The lowest BCUT2D eigenvalue weighted by atomic mass is 10.1. The molecule has 2 amide bonds. The minimum Gasteiger partial charge on any atom is -0.454 e. The maximum absolute atomic E-state index is 13.5. The highest BCUT2D eigenvalue weighted by Crippen LogP contribution is 2.27. The van der Waals surface area contributed by atoms with Gasteiger partial charge in [-0.15, -0.1) is 0 Å². The number of ether oxygens (including phenoxy) is 2. The number of fused-ring (bicyclic) bond motifs is 2. The summed E-state index contributed by atoms with van der Waals surface area (Å²) in [6.45, 7) is 1.99. The summed E-state index contributed by atoms with van der Waals surface area (Å²) >= 11 is 0. The summed E-state index contributed by atoms with van der Waals surface area (Å²) in [6, 6.07) is 19.3. The Balaban J connectivity index is 0.976. The SMILES string of the molecule is CCc1cccc(NC(=O)c2cc(Oc3cncc(Cc4cccc(NC(=O)c5cc(Oc6cccnc6)cn6ncnc56)n4)c3)cn3ncnc23)n1. The molecule has 0 bridgehead atoms. The lowest BCUT2D eigenvalue weighted by Crippen LogP contribution is -2.15. The van der Waals surface area contributed by atoms with Gasteiger partial charge in [-0.25, -0.2) is 29.0 Å².